The summed E-state index contributed by atoms with van der Waals surface area (Å²) in [6.07, 6.45) is 1.74. The molecule has 0 amide bonds. The number of aliphatic hydroxyl groups is 1. The third-order valence-electron chi connectivity index (χ3n) is 4.28. The highest BCUT2D eigenvalue weighted by molar-refractivity contribution is 5.75. The number of aliphatic hydroxyl groups excluding tert-OH is 1. The third kappa shape index (κ3) is 3.91. The summed E-state index contributed by atoms with van der Waals surface area (Å²) in [5, 5.41) is 13.3. The van der Waals surface area contributed by atoms with Crippen LogP contribution in [0.25, 0.3) is 11.0 Å². The van der Waals surface area contributed by atoms with Crippen LogP contribution in [-0.4, -0.2) is 19.6 Å². The number of anilines is 1. The average molecular weight is 352 g/mol. The Morgan fingerprint density at radius 2 is 1.85 bits per heavy atom. The zero-order valence-electron chi connectivity index (χ0n) is 15.3. The first kappa shape index (κ1) is 18.1. The van der Waals surface area contributed by atoms with Gasteiger partial charge in [0.1, 0.15) is 5.65 Å². The molecule has 2 heterocycles. The van der Waals surface area contributed by atoms with Crippen molar-refractivity contribution in [1.29, 1.82) is 0 Å². The summed E-state index contributed by atoms with van der Waals surface area (Å²) < 4.78 is 1.70. The Balaban J connectivity index is 1.91. The molecule has 0 aliphatic carbocycles. The topological polar surface area (TPSA) is 80.0 Å². The molecule has 3 rings (SSSR count). The van der Waals surface area contributed by atoms with Crippen LogP contribution in [0.2, 0.25) is 0 Å². The molecule has 0 radical (unpaired) electrons. The summed E-state index contributed by atoms with van der Waals surface area (Å²) in [5.74, 6) is 0.827. The minimum absolute atomic E-state index is 0.00539. The minimum Gasteiger partial charge on any atom is -0.392 e. The maximum atomic E-state index is 12.2. The monoisotopic (exact) mass is 352 g/mol. The van der Waals surface area contributed by atoms with E-state index in [0.717, 1.165) is 16.5 Å². The Morgan fingerprint density at radius 1 is 1.12 bits per heavy atom. The van der Waals surface area contributed by atoms with Gasteiger partial charge in [0.25, 0.3) is 5.56 Å². The molecule has 0 saturated heterocycles. The Labute approximate surface area is 152 Å². The molecule has 6 heteroatoms. The summed E-state index contributed by atoms with van der Waals surface area (Å²) >= 11 is 0. The SMILES string of the molecule is CC(C)Cn1c(=O)ccc2cnc(N[C@@H](C)c3ccc(CO)cc3)nc21. The molecule has 136 valence electrons. The van der Waals surface area contributed by atoms with E-state index in [1.807, 2.05) is 31.2 Å². The van der Waals surface area contributed by atoms with Crippen LogP contribution in [0.15, 0.2) is 47.4 Å². The van der Waals surface area contributed by atoms with Gasteiger partial charge in [0.15, 0.2) is 0 Å². The lowest BCUT2D eigenvalue weighted by Crippen LogP contribution is -2.23. The summed E-state index contributed by atoms with van der Waals surface area (Å²) in [6, 6.07) is 11.1. The number of pyridine rings is 1. The molecule has 1 aromatic carbocycles. The number of hydrogen-bond donors (Lipinski definition) is 2. The largest absolute Gasteiger partial charge is 0.392 e. The van der Waals surface area contributed by atoms with Crippen LogP contribution in [0.1, 0.15) is 37.9 Å². The first-order valence-electron chi connectivity index (χ1n) is 8.80. The van der Waals surface area contributed by atoms with Crippen LogP contribution < -0.4 is 10.9 Å². The van der Waals surface area contributed by atoms with Crippen LogP contribution in [0.5, 0.6) is 0 Å². The fourth-order valence-electron chi connectivity index (χ4n) is 2.87. The van der Waals surface area contributed by atoms with Crippen LogP contribution in [0.4, 0.5) is 5.95 Å². The Kier molecular flexibility index (Phi) is 5.32. The third-order valence-corrected chi connectivity index (χ3v) is 4.28. The lowest BCUT2D eigenvalue weighted by molar-refractivity contribution is 0.282. The van der Waals surface area contributed by atoms with Crippen molar-refractivity contribution in [1.82, 2.24) is 14.5 Å². The molecule has 0 bridgehead atoms. The first-order chi connectivity index (χ1) is 12.5. The van der Waals surface area contributed by atoms with Gasteiger partial charge in [0, 0.05) is 24.2 Å². The second-order valence-electron chi connectivity index (χ2n) is 6.91. The maximum absolute atomic E-state index is 12.2. The van der Waals surface area contributed by atoms with Crippen molar-refractivity contribution in [3.63, 3.8) is 0 Å². The number of nitrogens with one attached hydrogen (secondary N) is 1. The van der Waals surface area contributed by atoms with E-state index in [2.05, 4.69) is 29.1 Å². The van der Waals surface area contributed by atoms with E-state index in [0.29, 0.717) is 24.1 Å². The molecule has 26 heavy (non-hydrogen) atoms. The van der Waals surface area contributed by atoms with Gasteiger partial charge in [-0.2, -0.15) is 4.98 Å². The highest BCUT2D eigenvalue weighted by atomic mass is 16.3. The fourth-order valence-corrected chi connectivity index (χ4v) is 2.87. The van der Waals surface area contributed by atoms with E-state index >= 15 is 0 Å². The van der Waals surface area contributed by atoms with Gasteiger partial charge in [0.05, 0.1) is 12.6 Å². The molecule has 3 aromatic rings. The van der Waals surface area contributed by atoms with Gasteiger partial charge in [-0.1, -0.05) is 38.1 Å². The normalized spacial score (nSPS) is 12.5. The predicted octanol–water partition coefficient (Wildman–Crippen LogP) is 3.11. The van der Waals surface area contributed by atoms with E-state index < -0.39 is 0 Å². The lowest BCUT2D eigenvalue weighted by atomic mass is 10.1. The van der Waals surface area contributed by atoms with E-state index in [9.17, 15) is 4.79 Å². The second-order valence-corrected chi connectivity index (χ2v) is 6.91. The second kappa shape index (κ2) is 7.66. The summed E-state index contributed by atoms with van der Waals surface area (Å²) in [4.78, 5) is 21.2. The van der Waals surface area contributed by atoms with E-state index in [4.69, 9.17) is 5.11 Å². The fraction of sp³-hybridized carbons (Fsp3) is 0.350. The van der Waals surface area contributed by atoms with Crippen molar-refractivity contribution >= 4 is 17.0 Å². The number of rotatable bonds is 6. The maximum Gasteiger partial charge on any atom is 0.252 e. The van der Waals surface area contributed by atoms with Crippen LogP contribution in [-0.2, 0) is 13.2 Å². The molecule has 0 aliphatic heterocycles. The molecule has 0 saturated carbocycles. The summed E-state index contributed by atoms with van der Waals surface area (Å²) in [6.45, 7) is 6.81. The molecule has 0 aliphatic rings. The number of nitrogens with zero attached hydrogens (tertiary/aromatic N) is 3. The molecule has 1 atom stereocenters. The number of benzene rings is 1. The van der Waals surface area contributed by atoms with Crippen molar-refractivity contribution in [3.05, 3.63) is 64.1 Å². The van der Waals surface area contributed by atoms with Crippen molar-refractivity contribution < 1.29 is 5.11 Å². The molecule has 2 N–H and O–H groups in total. The van der Waals surface area contributed by atoms with E-state index in [-0.39, 0.29) is 18.2 Å². The van der Waals surface area contributed by atoms with E-state index in [1.54, 1.807) is 22.9 Å². The Bertz CT molecular complexity index is 948. The zero-order valence-corrected chi connectivity index (χ0v) is 15.3. The van der Waals surface area contributed by atoms with Crippen molar-refractivity contribution in [2.45, 2.75) is 40.0 Å². The Hall–Kier alpha value is -2.73. The number of hydrogen-bond acceptors (Lipinski definition) is 5. The molecule has 0 unspecified atom stereocenters. The molecular weight excluding hydrogens is 328 g/mol. The van der Waals surface area contributed by atoms with Crippen LogP contribution >= 0.6 is 0 Å². The Morgan fingerprint density at radius 3 is 2.50 bits per heavy atom. The van der Waals surface area contributed by atoms with Crippen molar-refractivity contribution in [3.8, 4) is 0 Å². The smallest absolute Gasteiger partial charge is 0.252 e. The molecular formula is C20H24N4O2. The standard InChI is InChI=1S/C20H24N4O2/c1-13(2)11-24-18(26)9-8-17-10-21-20(23-19(17)24)22-14(3)16-6-4-15(12-25)5-7-16/h4-10,13-14,25H,11-12H2,1-3H3,(H,21,22,23)/t14-/m0/s1. The highest BCUT2D eigenvalue weighted by Gasteiger charge is 2.11. The number of fused-ring (bicyclic) bond motifs is 1. The average Bonchev–Trinajstić information content (AvgIpc) is 2.64. The van der Waals surface area contributed by atoms with Gasteiger partial charge in [-0.3, -0.25) is 9.36 Å². The minimum atomic E-state index is -0.0523. The molecule has 0 spiro atoms. The van der Waals surface area contributed by atoms with Gasteiger partial charge < -0.3 is 10.4 Å². The lowest BCUT2D eigenvalue weighted by Gasteiger charge is -2.16. The molecule has 6 nitrogen and oxygen atoms in total. The zero-order chi connectivity index (χ0) is 18.7. The van der Waals surface area contributed by atoms with Crippen LogP contribution in [0, 0.1) is 5.92 Å². The highest BCUT2D eigenvalue weighted by Crippen LogP contribution is 2.19. The summed E-state index contributed by atoms with van der Waals surface area (Å²) in [7, 11) is 0. The van der Waals surface area contributed by atoms with Crippen molar-refractivity contribution in [2.75, 3.05) is 5.32 Å². The van der Waals surface area contributed by atoms with Gasteiger partial charge in [-0.05, 0) is 30.0 Å². The predicted molar refractivity (Wildman–Crippen MR) is 103 cm³/mol. The quantitative estimate of drug-likeness (QED) is 0.712. The van der Waals surface area contributed by atoms with Crippen LogP contribution in [0.3, 0.4) is 0 Å². The van der Waals surface area contributed by atoms with Gasteiger partial charge in [-0.25, -0.2) is 4.98 Å². The summed E-state index contributed by atoms with van der Waals surface area (Å²) in [5.41, 5.74) is 2.54. The van der Waals surface area contributed by atoms with Gasteiger partial charge >= 0.3 is 0 Å². The van der Waals surface area contributed by atoms with E-state index in [1.165, 1.54) is 0 Å². The number of aromatic nitrogens is 3. The van der Waals surface area contributed by atoms with Crippen molar-refractivity contribution in [2.24, 2.45) is 5.92 Å². The van der Waals surface area contributed by atoms with Gasteiger partial charge in [0.2, 0.25) is 5.95 Å². The molecule has 2 aromatic heterocycles. The van der Waals surface area contributed by atoms with Gasteiger partial charge in [-0.15, -0.1) is 0 Å². The first-order valence-corrected chi connectivity index (χ1v) is 8.80. The molecule has 0 fully saturated rings.